The molecule has 0 aliphatic carbocycles. The fourth-order valence-corrected chi connectivity index (χ4v) is 4.66. The number of benzene rings is 1. The zero-order valence-electron chi connectivity index (χ0n) is 16.3. The summed E-state index contributed by atoms with van der Waals surface area (Å²) in [6.07, 6.45) is 2.80. The Labute approximate surface area is 165 Å². The molecule has 1 fully saturated rings. The SMILES string of the molecule is CCCCCc1ccc(S(=O)(=O)NC2(CC(=O)OCC)CN(C(=O)O)C2)cc1. The number of carbonyl (C=O) groups excluding carboxylic acids is 1. The summed E-state index contributed by atoms with van der Waals surface area (Å²) in [5.41, 5.74) is -0.127. The van der Waals surface area contributed by atoms with Gasteiger partial charge < -0.3 is 14.7 Å². The summed E-state index contributed by atoms with van der Waals surface area (Å²) >= 11 is 0. The van der Waals surface area contributed by atoms with Gasteiger partial charge in [-0.05, 0) is 37.5 Å². The molecule has 1 aromatic rings. The highest BCUT2D eigenvalue weighted by Crippen LogP contribution is 2.28. The first kappa shape index (κ1) is 22.2. The highest BCUT2D eigenvalue weighted by molar-refractivity contribution is 7.89. The number of carbonyl (C=O) groups is 2. The van der Waals surface area contributed by atoms with Gasteiger partial charge in [0.05, 0.1) is 23.5 Å². The first-order valence-corrected chi connectivity index (χ1v) is 11.0. The Balaban J connectivity index is 2.11. The zero-order chi connectivity index (χ0) is 20.8. The number of nitrogens with zero attached hydrogens (tertiary/aromatic N) is 1. The molecule has 0 radical (unpaired) electrons. The van der Waals surface area contributed by atoms with Crippen LogP contribution in [0.2, 0.25) is 0 Å². The molecule has 1 aliphatic rings. The molecule has 2 N–H and O–H groups in total. The van der Waals surface area contributed by atoms with E-state index in [9.17, 15) is 18.0 Å². The minimum atomic E-state index is -3.91. The van der Waals surface area contributed by atoms with Crippen molar-refractivity contribution >= 4 is 22.1 Å². The van der Waals surface area contributed by atoms with E-state index in [1.54, 1.807) is 19.1 Å². The molecule has 2 rings (SSSR count). The first-order chi connectivity index (χ1) is 13.2. The molecule has 0 saturated carbocycles. The molecule has 8 nitrogen and oxygen atoms in total. The average Bonchev–Trinajstić information content (AvgIpc) is 2.59. The third kappa shape index (κ3) is 5.68. The lowest BCUT2D eigenvalue weighted by molar-refractivity contribution is -0.146. The lowest BCUT2D eigenvalue weighted by Gasteiger charge is -2.48. The van der Waals surface area contributed by atoms with Gasteiger partial charge in [0.25, 0.3) is 0 Å². The van der Waals surface area contributed by atoms with Crippen molar-refractivity contribution in [1.29, 1.82) is 0 Å². The highest BCUT2D eigenvalue weighted by Gasteiger charge is 2.49. The number of aryl methyl sites for hydroxylation is 1. The first-order valence-electron chi connectivity index (χ1n) is 9.48. The molecule has 0 aromatic heterocycles. The van der Waals surface area contributed by atoms with Crippen LogP contribution >= 0.6 is 0 Å². The predicted molar refractivity (Wildman–Crippen MR) is 104 cm³/mol. The quantitative estimate of drug-likeness (QED) is 0.451. The minimum absolute atomic E-state index is 0.0868. The largest absolute Gasteiger partial charge is 0.466 e. The van der Waals surface area contributed by atoms with Crippen molar-refractivity contribution in [3.8, 4) is 0 Å². The number of amides is 1. The average molecular weight is 413 g/mol. The number of sulfonamides is 1. The molecule has 0 unspecified atom stereocenters. The maximum atomic E-state index is 12.8. The monoisotopic (exact) mass is 412 g/mol. The highest BCUT2D eigenvalue weighted by atomic mass is 32.2. The third-order valence-electron chi connectivity index (χ3n) is 4.70. The van der Waals surface area contributed by atoms with E-state index in [1.807, 2.05) is 0 Å². The van der Waals surface area contributed by atoms with Crippen molar-refractivity contribution in [2.24, 2.45) is 0 Å². The van der Waals surface area contributed by atoms with Gasteiger partial charge in [-0.1, -0.05) is 31.9 Å². The van der Waals surface area contributed by atoms with E-state index in [-0.39, 0.29) is 31.0 Å². The second-order valence-corrected chi connectivity index (χ2v) is 8.79. The summed E-state index contributed by atoms with van der Waals surface area (Å²) < 4.78 is 33.0. The van der Waals surface area contributed by atoms with Crippen LogP contribution in [0.1, 0.15) is 45.1 Å². The van der Waals surface area contributed by atoms with Crippen LogP contribution in [0, 0.1) is 0 Å². The molecule has 1 aliphatic heterocycles. The van der Waals surface area contributed by atoms with E-state index in [2.05, 4.69) is 11.6 Å². The molecule has 1 aromatic carbocycles. The van der Waals surface area contributed by atoms with E-state index < -0.39 is 27.6 Å². The Hall–Kier alpha value is -2.13. The van der Waals surface area contributed by atoms with Gasteiger partial charge in [0.2, 0.25) is 10.0 Å². The van der Waals surface area contributed by atoms with E-state index in [4.69, 9.17) is 9.84 Å². The lowest BCUT2D eigenvalue weighted by atomic mass is 9.88. The molecule has 9 heteroatoms. The van der Waals surface area contributed by atoms with Crippen molar-refractivity contribution in [1.82, 2.24) is 9.62 Å². The van der Waals surface area contributed by atoms with E-state index in [1.165, 1.54) is 12.1 Å². The van der Waals surface area contributed by atoms with Crippen LogP contribution in [0.3, 0.4) is 0 Å². The molecular weight excluding hydrogens is 384 g/mol. The third-order valence-corrected chi connectivity index (χ3v) is 6.29. The van der Waals surface area contributed by atoms with Gasteiger partial charge in [-0.25, -0.2) is 17.9 Å². The maximum absolute atomic E-state index is 12.8. The summed E-state index contributed by atoms with van der Waals surface area (Å²) in [5.74, 6) is -0.568. The van der Waals surface area contributed by atoms with Crippen molar-refractivity contribution in [2.75, 3.05) is 19.7 Å². The van der Waals surface area contributed by atoms with Crippen LogP contribution in [0.15, 0.2) is 29.2 Å². The van der Waals surface area contributed by atoms with Crippen molar-refractivity contribution in [2.45, 2.75) is 56.4 Å². The van der Waals surface area contributed by atoms with Gasteiger partial charge in [0, 0.05) is 13.1 Å². The Morgan fingerprint density at radius 3 is 2.36 bits per heavy atom. The van der Waals surface area contributed by atoms with E-state index in [0.29, 0.717) is 0 Å². The number of carboxylic acid groups (broad SMARTS) is 1. The van der Waals surface area contributed by atoms with Crippen LogP contribution in [0.4, 0.5) is 4.79 Å². The summed E-state index contributed by atoms with van der Waals surface area (Å²) in [6, 6.07) is 6.64. The van der Waals surface area contributed by atoms with Gasteiger partial charge in [0.1, 0.15) is 0 Å². The van der Waals surface area contributed by atoms with E-state index in [0.717, 1.165) is 36.1 Å². The molecule has 1 heterocycles. The fourth-order valence-electron chi connectivity index (χ4n) is 3.28. The number of hydrogen-bond donors (Lipinski definition) is 2. The van der Waals surface area contributed by atoms with Crippen LogP contribution in [-0.2, 0) is 26.0 Å². The Morgan fingerprint density at radius 1 is 1.18 bits per heavy atom. The number of likely N-dealkylation sites (tertiary alicyclic amines) is 1. The summed E-state index contributed by atoms with van der Waals surface area (Å²) in [4.78, 5) is 24.1. The normalized spacial score (nSPS) is 15.7. The smallest absolute Gasteiger partial charge is 0.407 e. The Kier molecular flexibility index (Phi) is 7.42. The van der Waals surface area contributed by atoms with Gasteiger partial charge in [-0.2, -0.15) is 0 Å². The molecule has 28 heavy (non-hydrogen) atoms. The number of ether oxygens (including phenoxy) is 1. The maximum Gasteiger partial charge on any atom is 0.407 e. The number of nitrogens with one attached hydrogen (secondary N) is 1. The molecule has 0 spiro atoms. The lowest BCUT2D eigenvalue weighted by Crippen LogP contribution is -2.71. The van der Waals surface area contributed by atoms with Crippen LogP contribution in [0.25, 0.3) is 0 Å². The number of hydrogen-bond acceptors (Lipinski definition) is 5. The van der Waals surface area contributed by atoms with Crippen LogP contribution in [-0.4, -0.2) is 55.7 Å². The second kappa shape index (κ2) is 9.38. The fraction of sp³-hybridized carbons (Fsp3) is 0.579. The summed E-state index contributed by atoms with van der Waals surface area (Å²) in [7, 11) is -3.91. The van der Waals surface area contributed by atoms with Gasteiger partial charge in [-0.15, -0.1) is 0 Å². The topological polar surface area (TPSA) is 113 Å². The van der Waals surface area contributed by atoms with Crippen molar-refractivity contribution < 1.29 is 27.9 Å². The van der Waals surface area contributed by atoms with Crippen LogP contribution in [0.5, 0.6) is 0 Å². The molecule has 0 bridgehead atoms. The molecular formula is C19H28N2O6S. The van der Waals surface area contributed by atoms with E-state index >= 15 is 0 Å². The number of esters is 1. The zero-order valence-corrected chi connectivity index (χ0v) is 17.1. The van der Waals surface area contributed by atoms with Crippen molar-refractivity contribution in [3.05, 3.63) is 29.8 Å². The standard InChI is InChI=1S/C19H28N2O6S/c1-3-5-6-7-15-8-10-16(11-9-15)28(25,26)20-19(12-17(22)27-4-2)13-21(14-19)18(23)24/h8-11,20H,3-7,12-14H2,1-2H3,(H,23,24). The summed E-state index contributed by atoms with van der Waals surface area (Å²) in [5, 5.41) is 9.07. The molecule has 0 atom stereocenters. The van der Waals surface area contributed by atoms with Crippen molar-refractivity contribution in [3.63, 3.8) is 0 Å². The molecule has 1 saturated heterocycles. The second-order valence-electron chi connectivity index (χ2n) is 7.11. The Morgan fingerprint density at radius 2 is 1.82 bits per heavy atom. The Bertz CT molecular complexity index is 785. The molecule has 1 amide bonds. The molecule has 156 valence electrons. The summed E-state index contributed by atoms with van der Waals surface area (Å²) in [6.45, 7) is 3.75. The van der Waals surface area contributed by atoms with Gasteiger partial charge in [-0.3, -0.25) is 4.79 Å². The van der Waals surface area contributed by atoms with Gasteiger partial charge in [0.15, 0.2) is 0 Å². The minimum Gasteiger partial charge on any atom is -0.466 e. The number of rotatable bonds is 10. The van der Waals surface area contributed by atoms with Crippen LogP contribution < -0.4 is 4.72 Å². The number of unbranched alkanes of at least 4 members (excludes halogenated alkanes) is 2. The predicted octanol–water partition coefficient (Wildman–Crippen LogP) is 2.38. The van der Waals surface area contributed by atoms with Gasteiger partial charge >= 0.3 is 12.1 Å².